The molecule has 106 valence electrons. The molecule has 1 fully saturated rings. The van der Waals surface area contributed by atoms with Crippen LogP contribution in [0.4, 0.5) is 0 Å². The van der Waals surface area contributed by atoms with Crippen molar-refractivity contribution in [3.8, 4) is 0 Å². The minimum absolute atomic E-state index is 0.115. The van der Waals surface area contributed by atoms with Gasteiger partial charge in [-0.1, -0.05) is 12.1 Å². The summed E-state index contributed by atoms with van der Waals surface area (Å²) in [4.78, 5) is 0.221. The van der Waals surface area contributed by atoms with Crippen LogP contribution in [0.25, 0.3) is 0 Å². The molecule has 0 bridgehead atoms. The zero-order valence-electron chi connectivity index (χ0n) is 11.1. The lowest BCUT2D eigenvalue weighted by atomic mass is 10.1. The van der Waals surface area contributed by atoms with E-state index in [1.807, 2.05) is 6.92 Å². The number of ether oxygens (including phenoxy) is 1. The summed E-state index contributed by atoms with van der Waals surface area (Å²) in [6.45, 7) is 3.97. The van der Waals surface area contributed by atoms with Gasteiger partial charge in [0.05, 0.1) is 23.6 Å². The Kier molecular flexibility index (Phi) is 4.25. The molecule has 6 heteroatoms. The van der Waals surface area contributed by atoms with Crippen LogP contribution in [0, 0.1) is 6.92 Å². The van der Waals surface area contributed by atoms with E-state index in [0.29, 0.717) is 24.2 Å². The highest BCUT2D eigenvalue weighted by Crippen LogP contribution is 2.21. The zero-order valence-corrected chi connectivity index (χ0v) is 11.9. The Balaban J connectivity index is 2.29. The van der Waals surface area contributed by atoms with Gasteiger partial charge in [0.15, 0.2) is 0 Å². The zero-order chi connectivity index (χ0) is 14.0. The molecule has 0 spiro atoms. The van der Waals surface area contributed by atoms with Gasteiger partial charge >= 0.3 is 0 Å². The highest BCUT2D eigenvalue weighted by atomic mass is 32.2. The van der Waals surface area contributed by atoms with E-state index in [-0.39, 0.29) is 23.6 Å². The molecule has 1 aromatic rings. The van der Waals surface area contributed by atoms with Gasteiger partial charge in [-0.2, -0.15) is 0 Å². The first-order valence-electron chi connectivity index (χ1n) is 6.29. The Morgan fingerprint density at radius 2 is 2.21 bits per heavy atom. The van der Waals surface area contributed by atoms with Crippen LogP contribution in [0.2, 0.25) is 0 Å². The number of aliphatic hydroxyl groups is 1. The molecule has 2 N–H and O–H groups in total. The summed E-state index contributed by atoms with van der Waals surface area (Å²) in [7, 11) is -3.58. The highest BCUT2D eigenvalue weighted by molar-refractivity contribution is 7.89. The third-order valence-corrected chi connectivity index (χ3v) is 5.17. The molecule has 5 nitrogen and oxygen atoms in total. The average molecular weight is 285 g/mol. The van der Waals surface area contributed by atoms with Crippen molar-refractivity contribution in [2.24, 2.45) is 0 Å². The normalized spacial score (nSPS) is 23.7. The molecule has 0 saturated carbocycles. The molecule has 1 aliphatic rings. The van der Waals surface area contributed by atoms with Gasteiger partial charge in [-0.15, -0.1) is 0 Å². The lowest BCUT2D eigenvalue weighted by Gasteiger charge is -2.18. The Labute approximate surface area is 113 Å². The van der Waals surface area contributed by atoms with E-state index in [9.17, 15) is 13.5 Å². The molecule has 19 heavy (non-hydrogen) atoms. The molecular formula is C13H19NO4S. The molecule has 2 atom stereocenters. The summed E-state index contributed by atoms with van der Waals surface area (Å²) >= 11 is 0. The van der Waals surface area contributed by atoms with Gasteiger partial charge in [-0.3, -0.25) is 0 Å². The number of rotatable bonds is 4. The van der Waals surface area contributed by atoms with Crippen molar-refractivity contribution in [3.63, 3.8) is 0 Å². The average Bonchev–Trinajstić information content (AvgIpc) is 2.74. The second-order valence-corrected chi connectivity index (χ2v) is 6.47. The van der Waals surface area contributed by atoms with Crippen molar-refractivity contribution < 1.29 is 18.3 Å². The predicted octanol–water partition coefficient (Wildman–Crippen LogP) is 0.943. The smallest absolute Gasteiger partial charge is 0.241 e. The summed E-state index contributed by atoms with van der Waals surface area (Å²) in [6, 6.07) is 4.72. The molecule has 0 amide bonds. The standard InChI is InChI=1S/C13H19NO4S/c1-9-11(8-15)4-3-5-13(9)19(16,17)14-12-6-7-18-10(12)2/h3-5,10,12,14-15H,6-8H2,1-2H3. The van der Waals surface area contributed by atoms with Gasteiger partial charge in [0, 0.05) is 6.61 Å². The van der Waals surface area contributed by atoms with Crippen LogP contribution in [-0.2, 0) is 21.4 Å². The molecular weight excluding hydrogens is 266 g/mol. The minimum Gasteiger partial charge on any atom is -0.392 e. The van der Waals surface area contributed by atoms with Gasteiger partial charge in [0.25, 0.3) is 0 Å². The van der Waals surface area contributed by atoms with Crippen LogP contribution in [0.5, 0.6) is 0 Å². The number of benzene rings is 1. The van der Waals surface area contributed by atoms with E-state index in [0.717, 1.165) is 0 Å². The van der Waals surface area contributed by atoms with Crippen LogP contribution in [0.3, 0.4) is 0 Å². The van der Waals surface area contributed by atoms with E-state index in [2.05, 4.69) is 4.72 Å². The minimum atomic E-state index is -3.58. The second-order valence-electron chi connectivity index (χ2n) is 4.79. The van der Waals surface area contributed by atoms with Crippen LogP contribution < -0.4 is 4.72 Å². The number of hydrogen-bond donors (Lipinski definition) is 2. The van der Waals surface area contributed by atoms with Crippen LogP contribution in [0.1, 0.15) is 24.5 Å². The van der Waals surface area contributed by atoms with Crippen LogP contribution in [-0.4, -0.2) is 32.3 Å². The number of hydrogen-bond acceptors (Lipinski definition) is 4. The topological polar surface area (TPSA) is 75.6 Å². The highest BCUT2D eigenvalue weighted by Gasteiger charge is 2.30. The monoisotopic (exact) mass is 285 g/mol. The quantitative estimate of drug-likeness (QED) is 0.863. The molecule has 1 saturated heterocycles. The number of nitrogens with one attached hydrogen (secondary N) is 1. The Morgan fingerprint density at radius 3 is 2.79 bits per heavy atom. The van der Waals surface area contributed by atoms with Crippen molar-refractivity contribution in [2.75, 3.05) is 6.61 Å². The third kappa shape index (κ3) is 2.97. The van der Waals surface area contributed by atoms with E-state index in [4.69, 9.17) is 4.74 Å². The van der Waals surface area contributed by atoms with Gasteiger partial charge in [0.1, 0.15) is 0 Å². The SMILES string of the molecule is Cc1c(CO)cccc1S(=O)(=O)NC1CCOC1C. The molecule has 2 rings (SSSR count). The van der Waals surface area contributed by atoms with Crippen molar-refractivity contribution in [1.82, 2.24) is 4.72 Å². The molecule has 1 aliphatic heterocycles. The van der Waals surface area contributed by atoms with E-state index >= 15 is 0 Å². The largest absolute Gasteiger partial charge is 0.392 e. The molecule has 0 aromatic heterocycles. The van der Waals surface area contributed by atoms with Gasteiger partial charge in [0.2, 0.25) is 10.0 Å². The lowest BCUT2D eigenvalue weighted by molar-refractivity contribution is 0.117. The van der Waals surface area contributed by atoms with Gasteiger partial charge in [-0.05, 0) is 37.5 Å². The maximum absolute atomic E-state index is 12.4. The molecule has 1 aromatic carbocycles. The summed E-state index contributed by atoms with van der Waals surface area (Å²) < 4.78 is 32.8. The summed E-state index contributed by atoms with van der Waals surface area (Å²) in [5.74, 6) is 0. The summed E-state index contributed by atoms with van der Waals surface area (Å²) in [5, 5.41) is 9.20. The number of sulfonamides is 1. The van der Waals surface area contributed by atoms with E-state index in [1.165, 1.54) is 0 Å². The van der Waals surface area contributed by atoms with Crippen LogP contribution >= 0.6 is 0 Å². The van der Waals surface area contributed by atoms with E-state index in [1.54, 1.807) is 25.1 Å². The molecule has 0 aliphatic carbocycles. The lowest BCUT2D eigenvalue weighted by Crippen LogP contribution is -2.39. The third-order valence-electron chi connectivity index (χ3n) is 3.54. The molecule has 0 radical (unpaired) electrons. The first-order valence-corrected chi connectivity index (χ1v) is 7.77. The Hall–Kier alpha value is -0.950. The fourth-order valence-electron chi connectivity index (χ4n) is 2.27. The van der Waals surface area contributed by atoms with Gasteiger partial charge < -0.3 is 9.84 Å². The van der Waals surface area contributed by atoms with Crippen molar-refractivity contribution in [2.45, 2.75) is 43.9 Å². The number of aliphatic hydroxyl groups excluding tert-OH is 1. The first kappa shape index (κ1) is 14.5. The van der Waals surface area contributed by atoms with E-state index < -0.39 is 10.0 Å². The van der Waals surface area contributed by atoms with Crippen molar-refractivity contribution >= 4 is 10.0 Å². The van der Waals surface area contributed by atoms with Crippen molar-refractivity contribution in [1.29, 1.82) is 0 Å². The fourth-order valence-corrected chi connectivity index (χ4v) is 3.90. The fraction of sp³-hybridized carbons (Fsp3) is 0.538. The first-order chi connectivity index (χ1) is 8.95. The molecule has 2 unspecified atom stereocenters. The summed E-state index contributed by atoms with van der Waals surface area (Å²) in [6.07, 6.45) is 0.565. The Bertz CT molecular complexity index is 556. The summed E-state index contributed by atoms with van der Waals surface area (Å²) in [5.41, 5.74) is 1.21. The molecule has 1 heterocycles. The van der Waals surface area contributed by atoms with Gasteiger partial charge in [-0.25, -0.2) is 13.1 Å². The maximum Gasteiger partial charge on any atom is 0.241 e. The van der Waals surface area contributed by atoms with Crippen LogP contribution in [0.15, 0.2) is 23.1 Å². The predicted molar refractivity (Wildman–Crippen MR) is 71.2 cm³/mol. The van der Waals surface area contributed by atoms with Crippen molar-refractivity contribution in [3.05, 3.63) is 29.3 Å². The maximum atomic E-state index is 12.4. The second kappa shape index (κ2) is 5.58. The Morgan fingerprint density at radius 1 is 1.47 bits per heavy atom.